The molecule has 0 atom stereocenters. The lowest BCUT2D eigenvalue weighted by Crippen LogP contribution is -2.35. The molecule has 0 radical (unpaired) electrons. The lowest BCUT2D eigenvalue weighted by Gasteiger charge is -2.26. The average molecular weight is 262 g/mol. The third kappa shape index (κ3) is 5.39. The quantitative estimate of drug-likeness (QED) is 0.800. The normalized spacial score (nSPS) is 11.7. The highest BCUT2D eigenvalue weighted by molar-refractivity contribution is 5.37. The van der Waals surface area contributed by atoms with Gasteiger partial charge in [0.2, 0.25) is 0 Å². The predicted octanol–water partition coefficient (Wildman–Crippen LogP) is 2.77. The molecule has 106 valence electrons. The molecule has 1 N–H and O–H groups in total. The molecule has 0 bridgehead atoms. The van der Waals surface area contributed by atoms with Gasteiger partial charge in [0.25, 0.3) is 0 Å². The lowest BCUT2D eigenvalue weighted by molar-refractivity contribution is 0.421. The molecule has 1 heterocycles. The molecule has 4 nitrogen and oxygen atoms in total. The molecule has 0 spiro atoms. The van der Waals surface area contributed by atoms with E-state index in [1.165, 1.54) is 0 Å². The van der Waals surface area contributed by atoms with Crippen LogP contribution >= 0.6 is 0 Å². The molecule has 0 aliphatic carbocycles. The molecule has 0 amide bonds. The minimum atomic E-state index is 0.0904. The van der Waals surface area contributed by atoms with Gasteiger partial charge >= 0.3 is 0 Å². The van der Waals surface area contributed by atoms with Crippen LogP contribution in [0.2, 0.25) is 0 Å². The Hall–Kier alpha value is -1.42. The van der Waals surface area contributed by atoms with E-state index in [4.69, 9.17) is 0 Å². The highest BCUT2D eigenvalue weighted by Gasteiger charge is 2.12. The van der Waals surface area contributed by atoms with Crippen LogP contribution in [0.3, 0.4) is 0 Å². The van der Waals surface area contributed by atoms with Crippen LogP contribution < -0.4 is 10.2 Å². The number of hydrogen-bond donors (Lipinski definition) is 1. The van der Waals surface area contributed by atoms with Gasteiger partial charge in [-0.25, -0.2) is 4.98 Å². The van der Waals surface area contributed by atoms with Crippen LogP contribution in [0.25, 0.3) is 0 Å². The molecule has 19 heavy (non-hydrogen) atoms. The maximum absolute atomic E-state index is 4.50. The molecule has 0 saturated carbocycles. The Labute approximate surface area is 117 Å². The molecule has 0 aliphatic rings. The van der Waals surface area contributed by atoms with E-state index >= 15 is 0 Å². The molecular weight excluding hydrogens is 236 g/mol. The van der Waals surface area contributed by atoms with E-state index in [0.717, 1.165) is 24.6 Å². The maximum atomic E-state index is 4.50. The van der Waals surface area contributed by atoms with Crippen LogP contribution in [0.15, 0.2) is 25.0 Å². The van der Waals surface area contributed by atoms with Crippen molar-refractivity contribution in [3.63, 3.8) is 0 Å². The number of nitrogens with one attached hydrogen (secondary N) is 1. The molecule has 0 fully saturated rings. The van der Waals surface area contributed by atoms with Gasteiger partial charge in [-0.3, -0.25) is 4.98 Å². The molecular formula is C15H26N4. The number of hydrogen-bond acceptors (Lipinski definition) is 4. The molecule has 4 heteroatoms. The molecule has 1 aromatic rings. The van der Waals surface area contributed by atoms with Crippen LogP contribution in [0.5, 0.6) is 0 Å². The van der Waals surface area contributed by atoms with Crippen LogP contribution in [0, 0.1) is 0 Å². The summed E-state index contributed by atoms with van der Waals surface area (Å²) < 4.78 is 0. The maximum Gasteiger partial charge on any atom is 0.147 e. The Bertz CT molecular complexity index is 390. The second-order valence-electron chi connectivity index (χ2n) is 6.00. The Morgan fingerprint density at radius 3 is 2.42 bits per heavy atom. The zero-order chi connectivity index (χ0) is 14.5. The first kappa shape index (κ1) is 15.6. The zero-order valence-corrected chi connectivity index (χ0v) is 12.8. The average Bonchev–Trinajstić information content (AvgIpc) is 2.33. The standard InChI is InChI=1S/C15H26N4/c1-7-8-19(12(2)3)14-11-16-13(9-17-14)10-18-15(4,5)6/h7,9,11-12,18H,1,8,10H2,2-6H3. The number of rotatable bonds is 6. The van der Waals surface area contributed by atoms with Crippen molar-refractivity contribution in [3.05, 3.63) is 30.7 Å². The Morgan fingerprint density at radius 2 is 2.00 bits per heavy atom. The predicted molar refractivity (Wildman–Crippen MR) is 81.3 cm³/mol. The van der Waals surface area contributed by atoms with Gasteiger partial charge in [-0.2, -0.15) is 0 Å². The summed E-state index contributed by atoms with van der Waals surface area (Å²) in [6, 6.07) is 0.380. The first-order valence-corrected chi connectivity index (χ1v) is 6.77. The number of aromatic nitrogens is 2. The van der Waals surface area contributed by atoms with Crippen LogP contribution in [-0.4, -0.2) is 28.1 Å². The van der Waals surface area contributed by atoms with Crippen LogP contribution in [0.4, 0.5) is 5.82 Å². The van der Waals surface area contributed by atoms with E-state index in [1.807, 2.05) is 18.5 Å². The van der Waals surface area contributed by atoms with E-state index in [1.54, 1.807) is 0 Å². The van der Waals surface area contributed by atoms with E-state index in [0.29, 0.717) is 6.04 Å². The molecule has 0 aromatic carbocycles. The summed E-state index contributed by atoms with van der Waals surface area (Å²) in [7, 11) is 0. The van der Waals surface area contributed by atoms with Gasteiger partial charge in [-0.15, -0.1) is 6.58 Å². The van der Waals surface area contributed by atoms with Crippen molar-refractivity contribution in [3.8, 4) is 0 Å². The highest BCUT2D eigenvalue weighted by atomic mass is 15.2. The summed E-state index contributed by atoms with van der Waals surface area (Å²) in [5.74, 6) is 0.898. The third-order valence-corrected chi connectivity index (χ3v) is 2.73. The monoisotopic (exact) mass is 262 g/mol. The summed E-state index contributed by atoms with van der Waals surface area (Å²) in [5, 5.41) is 3.40. The topological polar surface area (TPSA) is 41.1 Å². The van der Waals surface area contributed by atoms with Gasteiger partial charge in [0, 0.05) is 24.7 Å². The molecule has 0 saturated heterocycles. The fraction of sp³-hybridized carbons (Fsp3) is 0.600. The Kier molecular flexibility index (Phi) is 5.48. The molecule has 1 aromatic heterocycles. The highest BCUT2D eigenvalue weighted by Crippen LogP contribution is 2.12. The van der Waals surface area contributed by atoms with Crippen molar-refractivity contribution in [2.24, 2.45) is 0 Å². The first-order chi connectivity index (χ1) is 8.83. The summed E-state index contributed by atoms with van der Waals surface area (Å²) in [5.41, 5.74) is 1.05. The fourth-order valence-corrected chi connectivity index (χ4v) is 1.65. The summed E-state index contributed by atoms with van der Waals surface area (Å²) >= 11 is 0. The largest absolute Gasteiger partial charge is 0.349 e. The van der Waals surface area contributed by atoms with E-state index in [9.17, 15) is 0 Å². The fourth-order valence-electron chi connectivity index (χ4n) is 1.65. The number of anilines is 1. The van der Waals surface area contributed by atoms with Crippen molar-refractivity contribution in [2.45, 2.75) is 52.7 Å². The third-order valence-electron chi connectivity index (χ3n) is 2.73. The van der Waals surface area contributed by atoms with Gasteiger partial charge in [0.15, 0.2) is 0 Å². The SMILES string of the molecule is C=CCN(c1cnc(CNC(C)(C)C)cn1)C(C)C. The van der Waals surface area contributed by atoms with Gasteiger partial charge in [0.1, 0.15) is 5.82 Å². The summed E-state index contributed by atoms with van der Waals surface area (Å²) in [4.78, 5) is 11.1. The smallest absolute Gasteiger partial charge is 0.147 e. The summed E-state index contributed by atoms with van der Waals surface area (Å²) in [6.45, 7) is 16.0. The van der Waals surface area contributed by atoms with Crippen molar-refractivity contribution in [1.82, 2.24) is 15.3 Å². The number of nitrogens with zero attached hydrogens (tertiary/aromatic N) is 3. The molecule has 0 aliphatic heterocycles. The second kappa shape index (κ2) is 6.66. The summed E-state index contributed by atoms with van der Waals surface area (Å²) in [6.07, 6.45) is 5.56. The van der Waals surface area contributed by atoms with Crippen molar-refractivity contribution in [1.29, 1.82) is 0 Å². The van der Waals surface area contributed by atoms with E-state index in [-0.39, 0.29) is 5.54 Å². The van der Waals surface area contributed by atoms with Crippen molar-refractivity contribution in [2.75, 3.05) is 11.4 Å². The van der Waals surface area contributed by atoms with E-state index in [2.05, 4.69) is 61.4 Å². The first-order valence-electron chi connectivity index (χ1n) is 6.77. The van der Waals surface area contributed by atoms with Gasteiger partial charge < -0.3 is 10.2 Å². The van der Waals surface area contributed by atoms with Gasteiger partial charge in [-0.05, 0) is 34.6 Å². The minimum absolute atomic E-state index is 0.0904. The van der Waals surface area contributed by atoms with Crippen molar-refractivity contribution >= 4 is 5.82 Å². The van der Waals surface area contributed by atoms with Crippen LogP contribution in [-0.2, 0) is 6.54 Å². The van der Waals surface area contributed by atoms with Crippen LogP contribution in [0.1, 0.15) is 40.3 Å². The van der Waals surface area contributed by atoms with Gasteiger partial charge in [0.05, 0.1) is 18.1 Å². The minimum Gasteiger partial charge on any atom is -0.349 e. The van der Waals surface area contributed by atoms with Crippen molar-refractivity contribution < 1.29 is 0 Å². The lowest BCUT2D eigenvalue weighted by atomic mass is 10.1. The Morgan fingerprint density at radius 1 is 1.32 bits per heavy atom. The molecule has 1 rings (SSSR count). The Balaban J connectivity index is 2.72. The zero-order valence-electron chi connectivity index (χ0n) is 12.8. The molecule has 0 unspecified atom stereocenters. The van der Waals surface area contributed by atoms with Gasteiger partial charge in [-0.1, -0.05) is 6.08 Å². The van der Waals surface area contributed by atoms with E-state index < -0.39 is 0 Å². The second-order valence-corrected chi connectivity index (χ2v) is 6.00.